The summed E-state index contributed by atoms with van der Waals surface area (Å²) in [5.74, 6) is -1.16. The van der Waals surface area contributed by atoms with E-state index in [1.165, 1.54) is 6.07 Å². The van der Waals surface area contributed by atoms with Crippen LogP contribution in [0.4, 0.5) is 0 Å². The summed E-state index contributed by atoms with van der Waals surface area (Å²) < 4.78 is 0.551. The summed E-state index contributed by atoms with van der Waals surface area (Å²) in [6, 6.07) is 6.54. The predicted octanol–water partition coefficient (Wildman–Crippen LogP) is 0.813. The monoisotopic (exact) mass is 199 g/mol. The Morgan fingerprint density at radius 2 is 2.00 bits per heavy atom. The van der Waals surface area contributed by atoms with Crippen molar-refractivity contribution in [2.45, 2.75) is 0 Å². The van der Waals surface area contributed by atoms with Crippen molar-refractivity contribution in [2.75, 3.05) is 0 Å². The first-order chi connectivity index (χ1) is 4.72. The minimum absolute atomic E-state index is 0.183. The van der Waals surface area contributed by atoms with Gasteiger partial charge in [-0.05, 0) is 6.07 Å². The molecule has 3 heteroatoms. The molecule has 0 aliphatic carbocycles. The van der Waals surface area contributed by atoms with Gasteiger partial charge in [-0.1, -0.05) is 34.1 Å². The molecule has 0 saturated carbocycles. The van der Waals surface area contributed by atoms with Crippen molar-refractivity contribution in [1.29, 1.82) is 0 Å². The van der Waals surface area contributed by atoms with Crippen molar-refractivity contribution in [3.05, 3.63) is 34.3 Å². The number of benzene rings is 1. The van der Waals surface area contributed by atoms with Gasteiger partial charge >= 0.3 is 0 Å². The lowest BCUT2D eigenvalue weighted by Crippen LogP contribution is -2.22. The van der Waals surface area contributed by atoms with Gasteiger partial charge in [-0.25, -0.2) is 0 Å². The van der Waals surface area contributed by atoms with Gasteiger partial charge in [0, 0.05) is 10.0 Å². The summed E-state index contributed by atoms with van der Waals surface area (Å²) in [6.07, 6.45) is 0. The van der Waals surface area contributed by atoms with Crippen LogP contribution in [0.3, 0.4) is 0 Å². The van der Waals surface area contributed by atoms with Crippen LogP contribution in [0.1, 0.15) is 10.4 Å². The molecule has 2 nitrogen and oxygen atoms in total. The van der Waals surface area contributed by atoms with Crippen LogP contribution in [-0.2, 0) is 0 Å². The van der Waals surface area contributed by atoms with E-state index in [2.05, 4.69) is 15.9 Å². The second-order valence-corrected chi connectivity index (χ2v) is 2.62. The Kier molecular flexibility index (Phi) is 2.06. The molecule has 0 aromatic heterocycles. The van der Waals surface area contributed by atoms with Crippen LogP contribution in [0, 0.1) is 0 Å². The molecule has 0 aliphatic heterocycles. The van der Waals surface area contributed by atoms with E-state index in [0.29, 0.717) is 4.47 Å². The van der Waals surface area contributed by atoms with Crippen LogP contribution in [-0.4, -0.2) is 5.97 Å². The molecule has 1 aromatic rings. The largest absolute Gasteiger partial charge is 0.545 e. The van der Waals surface area contributed by atoms with Crippen LogP contribution in [0.2, 0.25) is 0 Å². The van der Waals surface area contributed by atoms with Crippen LogP contribution < -0.4 is 5.11 Å². The first-order valence-electron chi connectivity index (χ1n) is 2.67. The molecule has 0 atom stereocenters. The maximum Gasteiger partial charge on any atom is 0.0726 e. The minimum atomic E-state index is -1.16. The highest BCUT2D eigenvalue weighted by Gasteiger charge is 1.96. The van der Waals surface area contributed by atoms with E-state index in [4.69, 9.17) is 0 Å². The van der Waals surface area contributed by atoms with E-state index >= 15 is 0 Å². The van der Waals surface area contributed by atoms with Crippen molar-refractivity contribution >= 4 is 21.9 Å². The van der Waals surface area contributed by atoms with Crippen LogP contribution in [0.5, 0.6) is 0 Å². The zero-order valence-corrected chi connectivity index (χ0v) is 6.59. The van der Waals surface area contributed by atoms with E-state index in [1.54, 1.807) is 18.2 Å². The molecule has 10 heavy (non-hydrogen) atoms. The Labute approximate surface area is 66.6 Å². The van der Waals surface area contributed by atoms with E-state index in [0.717, 1.165) is 0 Å². The second-order valence-electron chi connectivity index (χ2n) is 1.77. The first kappa shape index (κ1) is 7.28. The number of carbonyl (C=O) groups excluding carboxylic acids is 1. The highest BCUT2D eigenvalue weighted by atomic mass is 79.9. The number of carbonyl (C=O) groups is 1. The molecule has 52 valence electrons. The fourth-order valence-corrected chi connectivity index (χ4v) is 1.07. The average molecular weight is 200 g/mol. The van der Waals surface area contributed by atoms with E-state index in [1.807, 2.05) is 0 Å². The molecule has 0 bridgehead atoms. The molecule has 0 unspecified atom stereocenters. The minimum Gasteiger partial charge on any atom is -0.545 e. The molecular formula is C7H4BrO2-. The summed E-state index contributed by atoms with van der Waals surface area (Å²) in [5.41, 5.74) is 0.183. The van der Waals surface area contributed by atoms with E-state index in [-0.39, 0.29) is 5.56 Å². The lowest BCUT2D eigenvalue weighted by atomic mass is 10.2. The van der Waals surface area contributed by atoms with Crippen molar-refractivity contribution in [1.82, 2.24) is 0 Å². The molecule has 1 rings (SSSR count). The molecule has 0 amide bonds. The summed E-state index contributed by atoms with van der Waals surface area (Å²) >= 11 is 3.08. The fourth-order valence-electron chi connectivity index (χ4n) is 0.627. The summed E-state index contributed by atoms with van der Waals surface area (Å²) in [7, 11) is 0. The molecule has 1 aromatic carbocycles. The smallest absolute Gasteiger partial charge is 0.0726 e. The molecular weight excluding hydrogens is 196 g/mol. The average Bonchev–Trinajstić information content (AvgIpc) is 1.88. The third-order valence-electron chi connectivity index (χ3n) is 1.09. The Morgan fingerprint density at radius 3 is 2.40 bits per heavy atom. The molecule has 0 N–H and O–H groups in total. The molecule has 0 saturated heterocycles. The topological polar surface area (TPSA) is 40.1 Å². The Morgan fingerprint density at radius 1 is 1.40 bits per heavy atom. The number of halogens is 1. The Balaban J connectivity index is 3.15. The van der Waals surface area contributed by atoms with Gasteiger partial charge in [0.05, 0.1) is 5.97 Å². The van der Waals surface area contributed by atoms with Crippen molar-refractivity contribution in [3.63, 3.8) is 0 Å². The Hall–Kier alpha value is -0.830. The summed E-state index contributed by atoms with van der Waals surface area (Å²) in [5, 5.41) is 10.3. The van der Waals surface area contributed by atoms with Gasteiger partial charge in [0.25, 0.3) is 0 Å². The normalized spacial score (nSPS) is 9.30. The van der Waals surface area contributed by atoms with Gasteiger partial charge in [0.1, 0.15) is 0 Å². The number of hydrogen-bond acceptors (Lipinski definition) is 2. The molecule has 0 radical (unpaired) electrons. The molecule has 0 aliphatic rings. The molecule has 0 spiro atoms. The van der Waals surface area contributed by atoms with Gasteiger partial charge < -0.3 is 9.90 Å². The highest BCUT2D eigenvalue weighted by molar-refractivity contribution is 9.10. The van der Waals surface area contributed by atoms with Crippen molar-refractivity contribution in [3.8, 4) is 0 Å². The first-order valence-corrected chi connectivity index (χ1v) is 3.47. The van der Waals surface area contributed by atoms with Crippen LogP contribution in [0.25, 0.3) is 0 Å². The number of rotatable bonds is 1. The van der Waals surface area contributed by atoms with Gasteiger partial charge in [0.15, 0.2) is 0 Å². The number of aromatic carboxylic acids is 1. The third kappa shape index (κ3) is 1.36. The zero-order chi connectivity index (χ0) is 7.56. The molecule has 0 fully saturated rings. The fraction of sp³-hybridized carbons (Fsp3) is 0. The summed E-state index contributed by atoms with van der Waals surface area (Å²) in [6.45, 7) is 0. The SMILES string of the molecule is O=C([O-])c1ccccc1Br. The molecule has 0 heterocycles. The number of carboxylic acid groups (broad SMARTS) is 1. The van der Waals surface area contributed by atoms with Crippen LogP contribution >= 0.6 is 15.9 Å². The van der Waals surface area contributed by atoms with Crippen molar-refractivity contribution < 1.29 is 9.90 Å². The number of hydrogen-bond donors (Lipinski definition) is 0. The van der Waals surface area contributed by atoms with E-state index in [9.17, 15) is 9.90 Å². The Bertz CT molecular complexity index is 258. The third-order valence-corrected chi connectivity index (χ3v) is 1.79. The van der Waals surface area contributed by atoms with Gasteiger partial charge in [-0.15, -0.1) is 0 Å². The lowest BCUT2D eigenvalue weighted by molar-refractivity contribution is -0.255. The maximum atomic E-state index is 10.3. The van der Waals surface area contributed by atoms with Gasteiger partial charge in [-0.2, -0.15) is 0 Å². The van der Waals surface area contributed by atoms with Crippen molar-refractivity contribution in [2.24, 2.45) is 0 Å². The lowest BCUT2D eigenvalue weighted by Gasteiger charge is -2.02. The predicted molar refractivity (Wildman–Crippen MR) is 38.5 cm³/mol. The second kappa shape index (κ2) is 2.84. The van der Waals surface area contributed by atoms with Gasteiger partial charge in [-0.3, -0.25) is 0 Å². The maximum absolute atomic E-state index is 10.3. The highest BCUT2D eigenvalue weighted by Crippen LogP contribution is 2.14. The van der Waals surface area contributed by atoms with Crippen LogP contribution in [0.15, 0.2) is 28.7 Å². The summed E-state index contributed by atoms with van der Waals surface area (Å²) in [4.78, 5) is 10.3. The number of carboxylic acids is 1. The quantitative estimate of drug-likeness (QED) is 0.672. The zero-order valence-electron chi connectivity index (χ0n) is 5.00. The standard InChI is InChI=1S/C7H5BrO2/c8-6-4-2-1-3-5(6)7(9)10/h1-4H,(H,9,10)/p-1. The van der Waals surface area contributed by atoms with E-state index < -0.39 is 5.97 Å². The van der Waals surface area contributed by atoms with Gasteiger partial charge in [0.2, 0.25) is 0 Å².